The van der Waals surface area contributed by atoms with Crippen molar-refractivity contribution in [3.8, 4) is 0 Å². The van der Waals surface area contributed by atoms with Gasteiger partial charge in [0.15, 0.2) is 0 Å². The fourth-order valence-electron chi connectivity index (χ4n) is 5.11. The monoisotopic (exact) mass is 493 g/mol. The zero-order chi connectivity index (χ0) is 26.1. The molecule has 2 aromatic carbocycles. The Balaban J connectivity index is 1.73. The molecule has 3 N–H and O–H groups in total. The third-order valence-corrected chi connectivity index (χ3v) is 7.08. The number of aliphatic hydroxyl groups excluding tert-OH is 1. The van der Waals surface area contributed by atoms with Gasteiger partial charge in [-0.3, -0.25) is 9.59 Å². The summed E-state index contributed by atoms with van der Waals surface area (Å²) in [5.74, 6) is -0.152. The number of fused-ring (bicyclic) bond motifs is 1. The molecule has 0 radical (unpaired) electrons. The van der Waals surface area contributed by atoms with Crippen molar-refractivity contribution in [1.82, 2.24) is 5.32 Å². The largest absolute Gasteiger partial charge is 0.394 e. The molecule has 0 aromatic heterocycles. The van der Waals surface area contributed by atoms with Gasteiger partial charge in [0.1, 0.15) is 6.04 Å². The van der Waals surface area contributed by atoms with Gasteiger partial charge in [0, 0.05) is 24.0 Å². The Morgan fingerprint density at radius 3 is 2.58 bits per heavy atom. The SMILES string of the molecule is CCCCCCCCc1cccc(C(=O)Nc2ccc3c(c2)N(C)[C@@H](C(C)C)C(=O)NC(CO)C3)c1. The number of likely N-dealkylation sites (N-methyl/N-ethyl adjacent to an activating group) is 1. The minimum atomic E-state index is -0.372. The Morgan fingerprint density at radius 2 is 1.86 bits per heavy atom. The second-order valence-corrected chi connectivity index (χ2v) is 10.4. The Kier molecular flexibility index (Phi) is 10.4. The van der Waals surface area contributed by atoms with E-state index in [-0.39, 0.29) is 36.4 Å². The number of unbranched alkanes of at least 4 members (excludes halogenated alkanes) is 5. The number of aliphatic hydroxyl groups is 1. The molecule has 6 heteroatoms. The first-order valence-corrected chi connectivity index (χ1v) is 13.5. The maximum atomic E-state index is 13.1. The molecule has 36 heavy (non-hydrogen) atoms. The predicted molar refractivity (Wildman–Crippen MR) is 148 cm³/mol. The first kappa shape index (κ1) is 27.7. The lowest BCUT2D eigenvalue weighted by molar-refractivity contribution is -0.124. The van der Waals surface area contributed by atoms with Gasteiger partial charge < -0.3 is 20.6 Å². The van der Waals surface area contributed by atoms with Crippen molar-refractivity contribution in [1.29, 1.82) is 0 Å². The van der Waals surface area contributed by atoms with Crippen LogP contribution in [0.3, 0.4) is 0 Å². The van der Waals surface area contributed by atoms with Crippen LogP contribution in [0.5, 0.6) is 0 Å². The van der Waals surface area contributed by atoms with Crippen LogP contribution < -0.4 is 15.5 Å². The van der Waals surface area contributed by atoms with Gasteiger partial charge in [-0.2, -0.15) is 0 Å². The summed E-state index contributed by atoms with van der Waals surface area (Å²) < 4.78 is 0. The van der Waals surface area contributed by atoms with Crippen LogP contribution in [0.15, 0.2) is 42.5 Å². The van der Waals surface area contributed by atoms with Crippen molar-refractivity contribution in [3.63, 3.8) is 0 Å². The van der Waals surface area contributed by atoms with E-state index < -0.39 is 0 Å². The van der Waals surface area contributed by atoms with Crippen LogP contribution in [0.4, 0.5) is 11.4 Å². The zero-order valence-electron chi connectivity index (χ0n) is 22.3. The molecule has 0 bridgehead atoms. The number of aryl methyl sites for hydroxylation is 1. The average Bonchev–Trinajstić information content (AvgIpc) is 2.85. The summed E-state index contributed by atoms with van der Waals surface area (Å²) >= 11 is 0. The standard InChI is InChI=1S/C30H43N3O3/c1-5-6-7-8-9-10-12-22-13-11-14-24(17-22)29(35)31-25-16-15-23-18-26(20-34)32-30(36)28(21(2)3)33(4)27(23)19-25/h11,13-17,19,21,26,28,34H,5-10,12,18,20H2,1-4H3,(H,31,35)(H,32,36)/t26?,28-/m0/s1. The summed E-state index contributed by atoms with van der Waals surface area (Å²) in [5.41, 5.74) is 4.46. The normalized spacial score (nSPS) is 17.8. The van der Waals surface area contributed by atoms with Crippen molar-refractivity contribution < 1.29 is 14.7 Å². The lowest BCUT2D eigenvalue weighted by Gasteiger charge is -2.37. The van der Waals surface area contributed by atoms with Gasteiger partial charge in [0.05, 0.1) is 12.6 Å². The topological polar surface area (TPSA) is 81.7 Å². The van der Waals surface area contributed by atoms with Gasteiger partial charge in [0.25, 0.3) is 5.91 Å². The van der Waals surface area contributed by atoms with Crippen LogP contribution in [0.1, 0.15) is 80.8 Å². The van der Waals surface area contributed by atoms with E-state index in [0.717, 1.165) is 24.1 Å². The molecular formula is C30H43N3O3. The van der Waals surface area contributed by atoms with Crippen LogP contribution >= 0.6 is 0 Å². The Morgan fingerprint density at radius 1 is 1.11 bits per heavy atom. The van der Waals surface area contributed by atoms with Crippen molar-refractivity contribution in [2.24, 2.45) is 5.92 Å². The number of nitrogens with zero attached hydrogens (tertiary/aromatic N) is 1. The highest BCUT2D eigenvalue weighted by molar-refractivity contribution is 6.04. The molecule has 1 aliphatic rings. The van der Waals surface area contributed by atoms with Gasteiger partial charge in [-0.05, 0) is 60.6 Å². The number of benzene rings is 2. The number of carbonyl (C=O) groups is 2. The zero-order valence-corrected chi connectivity index (χ0v) is 22.3. The number of amides is 2. The van der Waals surface area contributed by atoms with Crippen LogP contribution in [0, 0.1) is 5.92 Å². The Labute approximate surface area is 216 Å². The molecule has 2 aromatic rings. The molecule has 1 aliphatic heterocycles. The first-order chi connectivity index (χ1) is 17.3. The van der Waals surface area contributed by atoms with E-state index in [1.165, 1.54) is 37.7 Å². The molecule has 0 saturated carbocycles. The minimum Gasteiger partial charge on any atom is -0.394 e. The number of rotatable bonds is 11. The number of hydrogen-bond acceptors (Lipinski definition) is 4. The van der Waals surface area contributed by atoms with Gasteiger partial charge >= 0.3 is 0 Å². The van der Waals surface area contributed by atoms with E-state index >= 15 is 0 Å². The van der Waals surface area contributed by atoms with E-state index in [0.29, 0.717) is 17.7 Å². The van der Waals surface area contributed by atoms with Crippen LogP contribution in [-0.4, -0.2) is 42.7 Å². The maximum absolute atomic E-state index is 13.1. The fourth-order valence-corrected chi connectivity index (χ4v) is 5.11. The molecule has 0 saturated heterocycles. The van der Waals surface area contributed by atoms with Crippen molar-refractivity contribution >= 4 is 23.2 Å². The van der Waals surface area contributed by atoms with Gasteiger partial charge in [-0.15, -0.1) is 0 Å². The predicted octanol–water partition coefficient (Wildman–Crippen LogP) is 5.34. The lowest BCUT2D eigenvalue weighted by Crippen LogP contribution is -2.54. The van der Waals surface area contributed by atoms with Crippen LogP contribution in [-0.2, 0) is 17.6 Å². The summed E-state index contributed by atoms with van der Waals surface area (Å²) in [7, 11) is 1.92. The van der Waals surface area contributed by atoms with Gasteiger partial charge in [-0.25, -0.2) is 0 Å². The Hall–Kier alpha value is -2.86. The summed E-state index contributed by atoms with van der Waals surface area (Å²) in [6, 6.07) is 13.0. The molecule has 6 nitrogen and oxygen atoms in total. The molecule has 3 rings (SSSR count). The summed E-state index contributed by atoms with van der Waals surface area (Å²) in [4.78, 5) is 28.0. The quantitative estimate of drug-likeness (QED) is 0.369. The average molecular weight is 494 g/mol. The molecular weight excluding hydrogens is 450 g/mol. The van der Waals surface area contributed by atoms with Crippen molar-refractivity contribution in [2.45, 2.75) is 84.2 Å². The molecule has 2 amide bonds. The summed E-state index contributed by atoms with van der Waals surface area (Å²) in [5, 5.41) is 15.8. The number of carbonyl (C=O) groups excluding carboxylic acids is 2. The Bertz CT molecular complexity index is 1020. The van der Waals surface area contributed by atoms with Crippen LogP contribution in [0.2, 0.25) is 0 Å². The molecule has 0 aliphatic carbocycles. The molecule has 1 unspecified atom stereocenters. The second-order valence-electron chi connectivity index (χ2n) is 10.4. The third-order valence-electron chi connectivity index (χ3n) is 7.08. The van der Waals surface area contributed by atoms with Crippen LogP contribution in [0.25, 0.3) is 0 Å². The molecule has 196 valence electrons. The second kappa shape index (κ2) is 13.4. The summed E-state index contributed by atoms with van der Waals surface area (Å²) in [6.45, 7) is 6.14. The van der Waals surface area contributed by atoms with Gasteiger partial charge in [0.2, 0.25) is 5.91 Å². The highest BCUT2D eigenvalue weighted by Crippen LogP contribution is 2.30. The van der Waals surface area contributed by atoms with Gasteiger partial charge in [-0.1, -0.05) is 71.1 Å². The highest BCUT2D eigenvalue weighted by Gasteiger charge is 2.32. The molecule has 0 spiro atoms. The van der Waals surface area contributed by atoms with Crippen molar-refractivity contribution in [3.05, 3.63) is 59.2 Å². The molecule has 1 heterocycles. The number of nitrogens with one attached hydrogen (secondary N) is 2. The maximum Gasteiger partial charge on any atom is 0.255 e. The summed E-state index contributed by atoms with van der Waals surface area (Å²) in [6.07, 6.45) is 9.03. The van der Waals surface area contributed by atoms with E-state index in [4.69, 9.17) is 0 Å². The smallest absolute Gasteiger partial charge is 0.255 e. The van der Waals surface area contributed by atoms with Crippen molar-refractivity contribution in [2.75, 3.05) is 23.9 Å². The van der Waals surface area contributed by atoms with E-state index in [9.17, 15) is 14.7 Å². The lowest BCUT2D eigenvalue weighted by atomic mass is 9.95. The first-order valence-electron chi connectivity index (χ1n) is 13.5. The van der Waals surface area contributed by atoms with E-state index in [1.54, 1.807) is 0 Å². The number of hydrogen-bond donors (Lipinski definition) is 3. The highest BCUT2D eigenvalue weighted by atomic mass is 16.3. The minimum absolute atomic E-state index is 0.0768. The van der Waals surface area contributed by atoms with E-state index in [2.05, 4.69) is 23.6 Å². The molecule has 0 fully saturated rings. The number of anilines is 2. The third kappa shape index (κ3) is 7.33. The molecule has 2 atom stereocenters. The fraction of sp³-hybridized carbons (Fsp3) is 0.533. The van der Waals surface area contributed by atoms with E-state index in [1.807, 2.05) is 62.2 Å².